The highest BCUT2D eigenvalue weighted by atomic mass is 16.5. The van der Waals surface area contributed by atoms with E-state index in [1.807, 2.05) is 0 Å². The fourth-order valence-corrected chi connectivity index (χ4v) is 1.49. The number of nitrogen functional groups attached to an aromatic ring is 1. The maximum Gasteiger partial charge on any atom is 0.357 e. The standard InChI is InChI=1S/C14H13N3O4/c1-20-13(18)9-2-4-11(16-6-9)8-21-14(19)12-5-3-10(15)7-17-12/h2-7H,8,15H2,1H3. The molecular weight excluding hydrogens is 274 g/mol. The molecule has 0 aliphatic rings. The molecule has 2 aromatic heterocycles. The van der Waals surface area contributed by atoms with E-state index in [0.717, 1.165) is 0 Å². The largest absolute Gasteiger partial charge is 0.465 e. The van der Waals surface area contributed by atoms with Crippen LogP contribution in [0.5, 0.6) is 0 Å². The van der Waals surface area contributed by atoms with Crippen LogP contribution >= 0.6 is 0 Å². The van der Waals surface area contributed by atoms with Gasteiger partial charge in [0.2, 0.25) is 0 Å². The molecule has 0 aliphatic carbocycles. The van der Waals surface area contributed by atoms with E-state index in [-0.39, 0.29) is 12.3 Å². The van der Waals surface area contributed by atoms with Gasteiger partial charge in [0, 0.05) is 6.20 Å². The number of esters is 2. The van der Waals surface area contributed by atoms with Gasteiger partial charge in [-0.1, -0.05) is 0 Å². The highest BCUT2D eigenvalue weighted by Crippen LogP contribution is 2.06. The topological polar surface area (TPSA) is 104 Å². The van der Waals surface area contributed by atoms with Crippen LogP contribution in [0.25, 0.3) is 0 Å². The summed E-state index contributed by atoms with van der Waals surface area (Å²) in [4.78, 5) is 30.8. The lowest BCUT2D eigenvalue weighted by molar-refractivity contribution is 0.0459. The van der Waals surface area contributed by atoms with Crippen LogP contribution in [0, 0.1) is 0 Å². The van der Waals surface area contributed by atoms with Gasteiger partial charge in [-0.25, -0.2) is 14.6 Å². The van der Waals surface area contributed by atoms with Gasteiger partial charge in [-0.05, 0) is 24.3 Å². The summed E-state index contributed by atoms with van der Waals surface area (Å²) in [6.07, 6.45) is 2.73. The Balaban J connectivity index is 1.95. The van der Waals surface area contributed by atoms with Gasteiger partial charge in [0.15, 0.2) is 0 Å². The average Bonchev–Trinajstić information content (AvgIpc) is 2.53. The molecule has 7 nitrogen and oxygen atoms in total. The molecule has 2 heterocycles. The predicted molar refractivity (Wildman–Crippen MR) is 73.3 cm³/mol. The second-order valence-corrected chi connectivity index (χ2v) is 4.08. The van der Waals surface area contributed by atoms with Crippen LogP contribution in [0.4, 0.5) is 5.69 Å². The molecule has 0 amide bonds. The monoisotopic (exact) mass is 287 g/mol. The van der Waals surface area contributed by atoms with Crippen molar-refractivity contribution in [2.45, 2.75) is 6.61 Å². The summed E-state index contributed by atoms with van der Waals surface area (Å²) in [6.45, 7) is -0.0215. The van der Waals surface area contributed by atoms with E-state index >= 15 is 0 Å². The van der Waals surface area contributed by atoms with Gasteiger partial charge < -0.3 is 15.2 Å². The second kappa shape index (κ2) is 6.47. The number of ether oxygens (including phenoxy) is 2. The van der Waals surface area contributed by atoms with Gasteiger partial charge >= 0.3 is 11.9 Å². The first kappa shape index (κ1) is 14.4. The van der Waals surface area contributed by atoms with Crippen LogP contribution in [0.15, 0.2) is 36.7 Å². The SMILES string of the molecule is COC(=O)c1ccc(COC(=O)c2ccc(N)cn2)nc1. The van der Waals surface area contributed by atoms with Gasteiger partial charge in [-0.15, -0.1) is 0 Å². The zero-order valence-electron chi connectivity index (χ0n) is 11.3. The molecule has 2 N–H and O–H groups in total. The summed E-state index contributed by atoms with van der Waals surface area (Å²) in [7, 11) is 1.29. The molecule has 2 rings (SSSR count). The van der Waals surface area contributed by atoms with E-state index in [2.05, 4.69) is 14.7 Å². The quantitative estimate of drug-likeness (QED) is 0.842. The predicted octanol–water partition coefficient (Wildman–Crippen LogP) is 1.20. The maximum atomic E-state index is 11.7. The number of aromatic nitrogens is 2. The minimum atomic E-state index is -0.575. The number of pyridine rings is 2. The Morgan fingerprint density at radius 3 is 2.48 bits per heavy atom. The van der Waals surface area contributed by atoms with Gasteiger partial charge in [0.25, 0.3) is 0 Å². The van der Waals surface area contributed by atoms with Crippen molar-refractivity contribution in [2.24, 2.45) is 0 Å². The van der Waals surface area contributed by atoms with Crippen molar-refractivity contribution in [3.05, 3.63) is 53.6 Å². The summed E-state index contributed by atoms with van der Waals surface area (Å²) >= 11 is 0. The van der Waals surface area contributed by atoms with Crippen LogP contribution in [0.3, 0.4) is 0 Å². The zero-order chi connectivity index (χ0) is 15.2. The first-order valence-corrected chi connectivity index (χ1v) is 6.02. The third kappa shape index (κ3) is 3.75. The molecule has 0 aliphatic heterocycles. The van der Waals surface area contributed by atoms with Crippen LogP contribution in [-0.2, 0) is 16.1 Å². The highest BCUT2D eigenvalue weighted by Gasteiger charge is 2.10. The Morgan fingerprint density at radius 2 is 1.90 bits per heavy atom. The molecule has 21 heavy (non-hydrogen) atoms. The Kier molecular flexibility index (Phi) is 4.45. The van der Waals surface area contributed by atoms with Gasteiger partial charge in [-0.3, -0.25) is 4.98 Å². The Hall–Kier alpha value is -2.96. The normalized spacial score (nSPS) is 9.95. The number of nitrogens with zero attached hydrogens (tertiary/aromatic N) is 2. The van der Waals surface area contributed by atoms with E-state index < -0.39 is 11.9 Å². The molecule has 0 aromatic carbocycles. The Bertz CT molecular complexity index is 638. The van der Waals surface area contributed by atoms with Gasteiger partial charge in [0.1, 0.15) is 12.3 Å². The van der Waals surface area contributed by atoms with E-state index in [4.69, 9.17) is 10.5 Å². The molecule has 0 saturated heterocycles. The van der Waals surface area contributed by atoms with Crippen molar-refractivity contribution in [3.63, 3.8) is 0 Å². The van der Waals surface area contributed by atoms with Crippen molar-refractivity contribution >= 4 is 17.6 Å². The number of rotatable bonds is 4. The molecule has 7 heteroatoms. The molecule has 0 fully saturated rings. The number of methoxy groups -OCH3 is 1. The molecular formula is C14H13N3O4. The number of anilines is 1. The van der Waals surface area contributed by atoms with Crippen LogP contribution in [0.2, 0.25) is 0 Å². The maximum absolute atomic E-state index is 11.7. The third-order valence-electron chi connectivity index (χ3n) is 2.59. The smallest absolute Gasteiger partial charge is 0.357 e. The molecule has 108 valence electrons. The Labute approximate surface area is 120 Å². The highest BCUT2D eigenvalue weighted by molar-refractivity contribution is 5.89. The summed E-state index contributed by atoms with van der Waals surface area (Å²) in [5.41, 5.74) is 6.94. The number of hydrogen-bond acceptors (Lipinski definition) is 7. The molecule has 0 bridgehead atoms. The summed E-state index contributed by atoms with van der Waals surface area (Å²) < 4.78 is 9.62. The molecule has 0 unspecified atom stereocenters. The van der Waals surface area contributed by atoms with Crippen molar-refractivity contribution in [1.29, 1.82) is 0 Å². The Morgan fingerprint density at radius 1 is 1.10 bits per heavy atom. The van der Waals surface area contributed by atoms with Gasteiger partial charge in [0.05, 0.1) is 30.3 Å². The lowest BCUT2D eigenvalue weighted by Crippen LogP contribution is -2.09. The third-order valence-corrected chi connectivity index (χ3v) is 2.59. The molecule has 0 atom stereocenters. The molecule has 0 saturated carbocycles. The van der Waals surface area contributed by atoms with E-state index in [9.17, 15) is 9.59 Å². The number of carbonyl (C=O) groups is 2. The number of carbonyl (C=O) groups excluding carboxylic acids is 2. The van der Waals surface area contributed by atoms with Crippen molar-refractivity contribution in [1.82, 2.24) is 9.97 Å². The van der Waals surface area contributed by atoms with Crippen LogP contribution in [-0.4, -0.2) is 29.0 Å². The lowest BCUT2D eigenvalue weighted by Gasteiger charge is -2.05. The first-order chi connectivity index (χ1) is 10.1. The minimum Gasteiger partial charge on any atom is -0.465 e. The fourth-order valence-electron chi connectivity index (χ4n) is 1.49. The molecule has 2 aromatic rings. The summed E-state index contributed by atoms with van der Waals surface area (Å²) in [6, 6.07) is 6.16. The van der Waals surface area contributed by atoms with E-state index in [0.29, 0.717) is 16.9 Å². The van der Waals surface area contributed by atoms with Crippen molar-refractivity contribution in [3.8, 4) is 0 Å². The lowest BCUT2D eigenvalue weighted by atomic mass is 10.2. The van der Waals surface area contributed by atoms with Gasteiger partial charge in [-0.2, -0.15) is 0 Å². The minimum absolute atomic E-state index is 0.0215. The second-order valence-electron chi connectivity index (χ2n) is 4.08. The first-order valence-electron chi connectivity index (χ1n) is 6.02. The van der Waals surface area contributed by atoms with Crippen molar-refractivity contribution < 1.29 is 19.1 Å². The van der Waals surface area contributed by atoms with Crippen LogP contribution in [0.1, 0.15) is 26.5 Å². The zero-order valence-corrected chi connectivity index (χ0v) is 11.3. The van der Waals surface area contributed by atoms with E-state index in [1.54, 1.807) is 18.2 Å². The molecule has 0 spiro atoms. The van der Waals surface area contributed by atoms with Crippen molar-refractivity contribution in [2.75, 3.05) is 12.8 Å². The summed E-state index contributed by atoms with van der Waals surface area (Å²) in [5.74, 6) is -1.05. The number of nitrogens with two attached hydrogens (primary N) is 1. The number of hydrogen-bond donors (Lipinski definition) is 1. The fraction of sp³-hybridized carbons (Fsp3) is 0.143. The molecule has 0 radical (unpaired) electrons. The average molecular weight is 287 g/mol. The van der Waals surface area contributed by atoms with Crippen LogP contribution < -0.4 is 5.73 Å². The summed E-state index contributed by atoms with van der Waals surface area (Å²) in [5, 5.41) is 0. The van der Waals surface area contributed by atoms with E-state index in [1.165, 1.54) is 25.6 Å².